The molecule has 1 aliphatic rings. The summed E-state index contributed by atoms with van der Waals surface area (Å²) < 4.78 is 32.2. The lowest BCUT2D eigenvalue weighted by Crippen LogP contribution is -2.41. The molecule has 0 aliphatic carbocycles. The molecule has 2 unspecified atom stereocenters. The van der Waals surface area contributed by atoms with Crippen LogP contribution in [0.3, 0.4) is 0 Å². The van der Waals surface area contributed by atoms with Crippen molar-refractivity contribution in [2.24, 2.45) is 7.05 Å². The van der Waals surface area contributed by atoms with Gasteiger partial charge < -0.3 is 18.6 Å². The largest absolute Gasteiger partial charge is 0.473 e. The van der Waals surface area contributed by atoms with E-state index in [0.717, 1.165) is 68.7 Å². The Kier molecular flexibility index (Phi) is 12.4. The highest BCUT2D eigenvalue weighted by atomic mass is 127. The number of hydrogen-bond donors (Lipinski definition) is 0. The highest BCUT2D eigenvalue weighted by Crippen LogP contribution is 2.37. The molecule has 0 aromatic carbocycles. The minimum absolute atomic E-state index is 0.0295. The molecule has 0 saturated carbocycles. The smallest absolute Gasteiger partial charge is 0.246 e. The fourth-order valence-corrected chi connectivity index (χ4v) is 7.92. The average molecular weight is 833 g/mol. The van der Waals surface area contributed by atoms with Gasteiger partial charge in [0.25, 0.3) is 0 Å². The van der Waals surface area contributed by atoms with Gasteiger partial charge in [-0.1, -0.05) is 27.4 Å². The van der Waals surface area contributed by atoms with Crippen LogP contribution in [0.1, 0.15) is 84.1 Å². The summed E-state index contributed by atoms with van der Waals surface area (Å²) in [7, 11) is 2.12. The number of rotatable bonds is 15. The number of likely N-dealkylation sites (N-methyl/N-ethyl adjacent to an activating group) is 1. The number of aromatic nitrogens is 7. The van der Waals surface area contributed by atoms with E-state index in [1.165, 1.54) is 0 Å². The van der Waals surface area contributed by atoms with E-state index in [9.17, 15) is 0 Å². The van der Waals surface area contributed by atoms with Crippen LogP contribution in [0.15, 0.2) is 18.8 Å². The molecular formula is C37H57IN8O4Si. The van der Waals surface area contributed by atoms with Crippen molar-refractivity contribution in [2.75, 3.05) is 26.8 Å². The summed E-state index contributed by atoms with van der Waals surface area (Å²) in [5.41, 5.74) is 5.39. The van der Waals surface area contributed by atoms with Gasteiger partial charge in [0.1, 0.15) is 6.10 Å². The van der Waals surface area contributed by atoms with Crippen molar-refractivity contribution in [1.29, 1.82) is 0 Å². The first-order chi connectivity index (χ1) is 24.0. The van der Waals surface area contributed by atoms with Crippen molar-refractivity contribution in [3.63, 3.8) is 0 Å². The number of nitrogens with zero attached hydrogens (tertiary/aromatic N) is 8. The fourth-order valence-electron chi connectivity index (χ4n) is 6.20. The van der Waals surface area contributed by atoms with E-state index in [1.54, 1.807) is 10.8 Å². The van der Waals surface area contributed by atoms with E-state index < -0.39 is 8.32 Å². The van der Waals surface area contributed by atoms with Gasteiger partial charge in [-0.15, -0.1) is 5.10 Å². The Morgan fingerprint density at radius 3 is 2.57 bits per heavy atom. The van der Waals surface area contributed by atoms with Crippen molar-refractivity contribution in [3.05, 3.63) is 39.5 Å². The van der Waals surface area contributed by atoms with E-state index >= 15 is 0 Å². The number of fused-ring (bicyclic) bond motifs is 1. The predicted octanol–water partition coefficient (Wildman–Crippen LogP) is 7.99. The summed E-state index contributed by atoms with van der Waals surface area (Å²) in [6.07, 6.45) is 6.54. The van der Waals surface area contributed by atoms with Gasteiger partial charge in [0, 0.05) is 32.1 Å². The summed E-state index contributed by atoms with van der Waals surface area (Å²) in [5, 5.41) is 15.5. The molecule has 4 aromatic rings. The van der Waals surface area contributed by atoms with Gasteiger partial charge in [0.15, 0.2) is 14.5 Å². The molecule has 0 spiro atoms. The number of halogens is 1. The Bertz CT molecular complexity index is 1820. The fraction of sp³-hybridized carbons (Fsp3) is 0.622. The topological polar surface area (TPSA) is 107 Å². The summed E-state index contributed by atoms with van der Waals surface area (Å²) in [6.45, 7) is 26.9. The predicted molar refractivity (Wildman–Crippen MR) is 214 cm³/mol. The lowest BCUT2D eigenvalue weighted by Gasteiger charge is -2.36. The first-order valence-electron chi connectivity index (χ1n) is 18.1. The number of hydrogen-bond acceptors (Lipinski definition) is 9. The Morgan fingerprint density at radius 2 is 1.92 bits per heavy atom. The quantitative estimate of drug-likeness (QED) is 0.0871. The molecule has 0 N–H and O–H groups in total. The summed E-state index contributed by atoms with van der Waals surface area (Å²) in [5.74, 6) is 1.33. The summed E-state index contributed by atoms with van der Waals surface area (Å²) in [6, 6.07) is 2.07. The van der Waals surface area contributed by atoms with Crippen molar-refractivity contribution < 1.29 is 18.6 Å². The molecule has 4 aromatic heterocycles. The molecule has 0 radical (unpaired) electrons. The molecule has 1 aliphatic heterocycles. The summed E-state index contributed by atoms with van der Waals surface area (Å²) >= 11 is 2.37. The Hall–Kier alpha value is -2.79. The Morgan fingerprint density at radius 1 is 1.18 bits per heavy atom. The number of aryl methyl sites for hydroxylation is 2. The average Bonchev–Trinajstić information content (AvgIpc) is 3.70. The molecule has 14 heteroatoms. The molecule has 5 heterocycles. The zero-order valence-electron chi connectivity index (χ0n) is 32.4. The van der Waals surface area contributed by atoms with Crippen molar-refractivity contribution >= 4 is 47.9 Å². The molecule has 0 amide bonds. The minimum atomic E-state index is -1.88. The van der Waals surface area contributed by atoms with Gasteiger partial charge in [0.2, 0.25) is 11.8 Å². The molecule has 1 saturated heterocycles. The van der Waals surface area contributed by atoms with E-state index in [0.29, 0.717) is 38.0 Å². The zero-order chi connectivity index (χ0) is 37.2. The van der Waals surface area contributed by atoms with E-state index in [2.05, 4.69) is 97.8 Å². The molecule has 5 rings (SSSR count). The molecule has 2 atom stereocenters. The second-order valence-corrected chi connectivity index (χ2v) is 21.4. The summed E-state index contributed by atoms with van der Waals surface area (Å²) in [4.78, 5) is 7.30. The maximum absolute atomic E-state index is 6.63. The highest BCUT2D eigenvalue weighted by molar-refractivity contribution is 14.1. The molecule has 51 heavy (non-hydrogen) atoms. The van der Waals surface area contributed by atoms with Crippen molar-refractivity contribution in [3.8, 4) is 23.0 Å². The molecule has 280 valence electrons. The zero-order valence-corrected chi connectivity index (χ0v) is 35.6. The Labute approximate surface area is 318 Å². The molecular weight excluding hydrogens is 775 g/mol. The van der Waals surface area contributed by atoms with E-state index in [1.807, 2.05) is 38.7 Å². The minimum Gasteiger partial charge on any atom is -0.473 e. The standard InChI is InChI=1S/C37H57IN8O4Si/c1-13-29-27-20-30(40-26(5)34(27)46(41-29)32-16-14-15-18-47-32)28-21-39-44(10)36(28)50-25(4)22-43(9)23-31-33(38)35(49-24(2)3)42-45(31)17-19-48-51(11,12)37(6,7)8/h13,20-21,24-25,32H,1,14-19,22-23H2,2-12H3. The van der Waals surface area contributed by atoms with Crippen LogP contribution in [0.5, 0.6) is 11.8 Å². The van der Waals surface area contributed by atoms with Gasteiger partial charge in [-0.3, -0.25) is 14.6 Å². The van der Waals surface area contributed by atoms with Gasteiger partial charge >= 0.3 is 0 Å². The van der Waals surface area contributed by atoms with Gasteiger partial charge in [-0.2, -0.15) is 10.2 Å². The number of ether oxygens (including phenoxy) is 3. The second-order valence-electron chi connectivity index (χ2n) is 15.5. The van der Waals surface area contributed by atoms with Crippen LogP contribution in [0.4, 0.5) is 0 Å². The van der Waals surface area contributed by atoms with Gasteiger partial charge in [-0.05, 0) is 107 Å². The maximum Gasteiger partial charge on any atom is 0.246 e. The van der Waals surface area contributed by atoms with Crippen LogP contribution in [-0.4, -0.2) is 86.6 Å². The first kappa shape index (κ1) is 39.4. The molecule has 12 nitrogen and oxygen atoms in total. The third kappa shape index (κ3) is 8.88. The van der Waals surface area contributed by atoms with E-state index in [4.69, 9.17) is 33.8 Å². The van der Waals surface area contributed by atoms with Crippen LogP contribution in [0.25, 0.3) is 28.2 Å². The van der Waals surface area contributed by atoms with E-state index in [-0.39, 0.29) is 23.5 Å². The van der Waals surface area contributed by atoms with Crippen LogP contribution in [0, 0.1) is 10.5 Å². The highest BCUT2D eigenvalue weighted by Gasteiger charge is 2.37. The third-order valence-electron chi connectivity index (χ3n) is 9.85. The van der Waals surface area contributed by atoms with Crippen LogP contribution in [-0.2, 0) is 29.3 Å². The lowest BCUT2D eigenvalue weighted by molar-refractivity contribution is -0.0368. The Balaban J connectivity index is 1.32. The van der Waals surface area contributed by atoms with Crippen LogP contribution >= 0.6 is 22.6 Å². The normalized spacial score (nSPS) is 16.4. The SMILES string of the molecule is C=Cc1nn(C2CCCCO2)c2c(C)nc(-c3cnn(C)c3OC(C)CN(C)Cc3c(I)c(OC(C)C)nn3CCO[Si](C)(C)C(C)(C)C)cc12. The second kappa shape index (κ2) is 16.1. The van der Waals surface area contributed by atoms with Gasteiger partial charge in [0.05, 0.1) is 62.9 Å². The van der Waals surface area contributed by atoms with Gasteiger partial charge in [-0.25, -0.2) is 9.36 Å². The monoisotopic (exact) mass is 832 g/mol. The number of pyridine rings is 1. The maximum atomic E-state index is 6.63. The molecule has 1 fully saturated rings. The molecule has 0 bridgehead atoms. The van der Waals surface area contributed by atoms with Crippen LogP contribution in [0.2, 0.25) is 18.1 Å². The van der Waals surface area contributed by atoms with Crippen molar-refractivity contribution in [1.82, 2.24) is 39.2 Å². The third-order valence-corrected chi connectivity index (χ3v) is 15.5. The first-order valence-corrected chi connectivity index (χ1v) is 22.1. The van der Waals surface area contributed by atoms with Crippen molar-refractivity contribution in [2.45, 2.75) is 117 Å². The van der Waals surface area contributed by atoms with Crippen LogP contribution < -0.4 is 9.47 Å². The lowest BCUT2D eigenvalue weighted by atomic mass is 10.1.